The summed E-state index contributed by atoms with van der Waals surface area (Å²) >= 11 is 1.64. The van der Waals surface area contributed by atoms with E-state index in [0.29, 0.717) is 5.56 Å². The summed E-state index contributed by atoms with van der Waals surface area (Å²) in [4.78, 5) is 5.42. The highest BCUT2D eigenvalue weighted by atomic mass is 32.1. The molecule has 2 nitrogen and oxygen atoms in total. The number of hydrogen-bond donors (Lipinski definition) is 0. The van der Waals surface area contributed by atoms with Gasteiger partial charge in [0.15, 0.2) is 0 Å². The van der Waals surface area contributed by atoms with E-state index in [9.17, 15) is 0 Å². The lowest BCUT2D eigenvalue weighted by Gasteiger charge is -2.03. The maximum Gasteiger partial charge on any atom is 0.0991 e. The molecule has 0 amide bonds. The maximum absolute atomic E-state index is 8.78. The molecule has 0 aliphatic rings. The van der Waals surface area contributed by atoms with Gasteiger partial charge >= 0.3 is 0 Å². The minimum atomic E-state index is 0.707. The van der Waals surface area contributed by atoms with Crippen molar-refractivity contribution in [3.8, 4) is 16.5 Å². The van der Waals surface area contributed by atoms with Crippen molar-refractivity contribution in [2.75, 3.05) is 0 Å². The Bertz CT molecular complexity index is 535. The maximum atomic E-state index is 8.78. The summed E-state index contributed by atoms with van der Waals surface area (Å²) in [6, 6.07) is 7.90. The Morgan fingerprint density at radius 3 is 2.67 bits per heavy atom. The monoisotopic (exact) mass is 214 g/mol. The van der Waals surface area contributed by atoms with Crippen LogP contribution in [-0.4, -0.2) is 4.98 Å². The molecule has 1 aromatic heterocycles. The first-order valence-corrected chi connectivity index (χ1v) is 5.51. The first kappa shape index (κ1) is 9.88. The Kier molecular flexibility index (Phi) is 2.53. The fraction of sp³-hybridized carbons (Fsp3) is 0.167. The first-order valence-electron chi connectivity index (χ1n) is 4.63. The number of nitriles is 1. The van der Waals surface area contributed by atoms with Gasteiger partial charge in [0.25, 0.3) is 0 Å². The second kappa shape index (κ2) is 3.84. The highest BCUT2D eigenvalue weighted by Crippen LogP contribution is 2.30. The van der Waals surface area contributed by atoms with Crippen molar-refractivity contribution in [1.82, 2.24) is 4.98 Å². The van der Waals surface area contributed by atoms with Gasteiger partial charge in [0.1, 0.15) is 0 Å². The van der Waals surface area contributed by atoms with Gasteiger partial charge < -0.3 is 0 Å². The average Bonchev–Trinajstić information content (AvgIpc) is 2.64. The summed E-state index contributed by atoms with van der Waals surface area (Å²) in [6.07, 6.45) is 0. The lowest BCUT2D eigenvalue weighted by molar-refractivity contribution is 1.26. The van der Waals surface area contributed by atoms with Gasteiger partial charge in [-0.2, -0.15) is 5.26 Å². The molecule has 15 heavy (non-hydrogen) atoms. The minimum absolute atomic E-state index is 0.707. The molecule has 0 atom stereocenters. The van der Waals surface area contributed by atoms with Crippen molar-refractivity contribution < 1.29 is 0 Å². The van der Waals surface area contributed by atoms with Crippen LogP contribution in [0, 0.1) is 25.2 Å². The van der Waals surface area contributed by atoms with Crippen molar-refractivity contribution in [1.29, 1.82) is 5.26 Å². The molecule has 1 heterocycles. The molecular weight excluding hydrogens is 204 g/mol. The standard InChI is InChI=1S/C12H10N2S/c1-8-5-10(6-13)3-4-11(8)12-9(2)14-7-15-12/h3-5,7H,1-2H3. The lowest BCUT2D eigenvalue weighted by Crippen LogP contribution is -1.85. The van der Waals surface area contributed by atoms with Crippen LogP contribution in [0.5, 0.6) is 0 Å². The van der Waals surface area contributed by atoms with Gasteiger partial charge in [0, 0.05) is 0 Å². The molecule has 0 N–H and O–H groups in total. The predicted molar refractivity (Wildman–Crippen MR) is 61.7 cm³/mol. The molecule has 3 heteroatoms. The Hall–Kier alpha value is -1.66. The van der Waals surface area contributed by atoms with Gasteiger partial charge in [-0.1, -0.05) is 6.07 Å². The van der Waals surface area contributed by atoms with E-state index in [-0.39, 0.29) is 0 Å². The number of nitrogens with zero attached hydrogens (tertiary/aromatic N) is 2. The van der Waals surface area contributed by atoms with E-state index in [4.69, 9.17) is 5.26 Å². The molecule has 1 aromatic carbocycles. The fourth-order valence-corrected chi connectivity index (χ4v) is 2.44. The van der Waals surface area contributed by atoms with Gasteiger partial charge in [-0.3, -0.25) is 0 Å². The van der Waals surface area contributed by atoms with Crippen LogP contribution in [0.2, 0.25) is 0 Å². The smallest absolute Gasteiger partial charge is 0.0991 e. The molecule has 0 radical (unpaired) electrons. The minimum Gasteiger partial charge on any atom is -0.249 e. The second-order valence-electron chi connectivity index (χ2n) is 3.41. The SMILES string of the molecule is Cc1cc(C#N)ccc1-c1scnc1C. The van der Waals surface area contributed by atoms with E-state index in [1.54, 1.807) is 11.3 Å². The molecule has 0 saturated heterocycles. The molecule has 0 bridgehead atoms. The normalized spacial score (nSPS) is 9.93. The third-order valence-corrected chi connectivity index (χ3v) is 3.31. The molecule has 0 saturated carbocycles. The van der Waals surface area contributed by atoms with Crippen molar-refractivity contribution in [2.24, 2.45) is 0 Å². The predicted octanol–water partition coefficient (Wildman–Crippen LogP) is 3.30. The van der Waals surface area contributed by atoms with Gasteiger partial charge in [-0.25, -0.2) is 4.98 Å². The van der Waals surface area contributed by atoms with E-state index in [2.05, 4.69) is 11.1 Å². The van der Waals surface area contributed by atoms with Crippen molar-refractivity contribution in [3.05, 3.63) is 40.5 Å². The fourth-order valence-electron chi connectivity index (χ4n) is 1.55. The van der Waals surface area contributed by atoms with Gasteiger partial charge in [0.2, 0.25) is 0 Å². The molecule has 2 rings (SSSR count). The highest BCUT2D eigenvalue weighted by molar-refractivity contribution is 7.13. The number of rotatable bonds is 1. The van der Waals surface area contributed by atoms with Crippen molar-refractivity contribution >= 4 is 11.3 Å². The highest BCUT2D eigenvalue weighted by Gasteiger charge is 2.07. The Balaban J connectivity index is 2.56. The number of aryl methyl sites for hydroxylation is 2. The van der Waals surface area contributed by atoms with Crippen LogP contribution in [0.15, 0.2) is 23.7 Å². The molecular formula is C12H10N2S. The third kappa shape index (κ3) is 1.77. The van der Waals surface area contributed by atoms with Crippen LogP contribution in [0.1, 0.15) is 16.8 Å². The first-order chi connectivity index (χ1) is 7.22. The zero-order chi connectivity index (χ0) is 10.8. The summed E-state index contributed by atoms with van der Waals surface area (Å²) in [7, 11) is 0. The number of aromatic nitrogens is 1. The van der Waals surface area contributed by atoms with Gasteiger partial charge in [-0.15, -0.1) is 11.3 Å². The number of benzene rings is 1. The summed E-state index contributed by atoms with van der Waals surface area (Å²) in [6.45, 7) is 4.03. The molecule has 0 aliphatic heterocycles. The largest absolute Gasteiger partial charge is 0.249 e. The summed E-state index contributed by atoms with van der Waals surface area (Å²) in [5.74, 6) is 0. The topological polar surface area (TPSA) is 36.7 Å². The molecule has 0 fully saturated rings. The second-order valence-corrected chi connectivity index (χ2v) is 4.26. The third-order valence-electron chi connectivity index (χ3n) is 2.35. The Morgan fingerprint density at radius 2 is 2.13 bits per heavy atom. The van der Waals surface area contributed by atoms with Crippen LogP contribution in [-0.2, 0) is 0 Å². The van der Waals surface area contributed by atoms with Crippen molar-refractivity contribution in [2.45, 2.75) is 13.8 Å². The average molecular weight is 214 g/mol. The van der Waals surface area contributed by atoms with E-state index in [1.165, 1.54) is 10.4 Å². The van der Waals surface area contributed by atoms with Crippen LogP contribution in [0.3, 0.4) is 0 Å². The van der Waals surface area contributed by atoms with Gasteiger partial charge in [-0.05, 0) is 37.1 Å². The molecule has 74 valence electrons. The molecule has 0 aliphatic carbocycles. The quantitative estimate of drug-likeness (QED) is 0.730. The number of thiazole rings is 1. The molecule has 2 aromatic rings. The van der Waals surface area contributed by atoms with Crippen LogP contribution < -0.4 is 0 Å². The van der Waals surface area contributed by atoms with Crippen molar-refractivity contribution in [3.63, 3.8) is 0 Å². The van der Waals surface area contributed by atoms with Crippen LogP contribution in [0.25, 0.3) is 10.4 Å². The number of hydrogen-bond acceptors (Lipinski definition) is 3. The zero-order valence-corrected chi connectivity index (χ0v) is 9.43. The molecule has 0 unspecified atom stereocenters. The van der Waals surface area contributed by atoms with Crippen LogP contribution in [0.4, 0.5) is 0 Å². The summed E-state index contributed by atoms with van der Waals surface area (Å²) in [5, 5.41) is 8.78. The summed E-state index contributed by atoms with van der Waals surface area (Å²) < 4.78 is 0. The van der Waals surface area contributed by atoms with Gasteiger partial charge in [0.05, 0.1) is 27.7 Å². The zero-order valence-electron chi connectivity index (χ0n) is 8.61. The van der Waals surface area contributed by atoms with E-state index in [1.807, 2.05) is 37.6 Å². The van der Waals surface area contributed by atoms with E-state index in [0.717, 1.165) is 11.3 Å². The lowest BCUT2D eigenvalue weighted by atomic mass is 10.0. The Labute approximate surface area is 92.8 Å². The summed E-state index contributed by atoms with van der Waals surface area (Å²) in [5.41, 5.74) is 5.91. The van der Waals surface area contributed by atoms with E-state index < -0.39 is 0 Å². The Morgan fingerprint density at radius 1 is 1.33 bits per heavy atom. The van der Waals surface area contributed by atoms with E-state index >= 15 is 0 Å². The van der Waals surface area contributed by atoms with Crippen LogP contribution >= 0.6 is 11.3 Å². The molecule has 0 spiro atoms.